The second-order valence-electron chi connectivity index (χ2n) is 5.81. The summed E-state index contributed by atoms with van der Waals surface area (Å²) >= 11 is 1.57. The molecule has 0 radical (unpaired) electrons. The third-order valence-electron chi connectivity index (χ3n) is 4.19. The first kappa shape index (κ1) is 15.7. The van der Waals surface area contributed by atoms with Crippen molar-refractivity contribution in [2.75, 3.05) is 13.1 Å². The highest BCUT2D eigenvalue weighted by molar-refractivity contribution is 7.08. The molecular formula is C16H15N5O3S. The van der Waals surface area contributed by atoms with Crippen molar-refractivity contribution in [2.24, 2.45) is 0 Å². The molecule has 1 fully saturated rings. The van der Waals surface area contributed by atoms with Crippen LogP contribution in [0.1, 0.15) is 18.2 Å². The Kier molecular flexibility index (Phi) is 4.14. The Labute approximate surface area is 146 Å². The molecule has 1 aliphatic rings. The summed E-state index contributed by atoms with van der Waals surface area (Å²) in [7, 11) is 0. The highest BCUT2D eigenvalue weighted by atomic mass is 32.1. The van der Waals surface area contributed by atoms with Gasteiger partial charge in [-0.15, -0.1) is 0 Å². The summed E-state index contributed by atoms with van der Waals surface area (Å²) in [5, 5.41) is 11.9. The van der Waals surface area contributed by atoms with Gasteiger partial charge >= 0.3 is 0 Å². The number of hydrogen-bond donors (Lipinski definition) is 0. The molecule has 0 aromatic carbocycles. The molecule has 4 heterocycles. The molecule has 128 valence electrons. The molecule has 0 bridgehead atoms. The second kappa shape index (κ2) is 6.60. The molecule has 1 amide bonds. The lowest BCUT2D eigenvalue weighted by molar-refractivity contribution is -0.131. The van der Waals surface area contributed by atoms with Gasteiger partial charge in [0.25, 0.3) is 11.4 Å². The number of aromatic nitrogens is 4. The fourth-order valence-electron chi connectivity index (χ4n) is 2.84. The van der Waals surface area contributed by atoms with Crippen LogP contribution >= 0.6 is 11.3 Å². The first-order chi connectivity index (χ1) is 12.2. The molecule has 9 heteroatoms. The summed E-state index contributed by atoms with van der Waals surface area (Å²) in [5.74, 6) is 1.03. The lowest BCUT2D eigenvalue weighted by Gasteiger charge is -2.15. The zero-order valence-corrected chi connectivity index (χ0v) is 14.1. The van der Waals surface area contributed by atoms with E-state index in [2.05, 4.69) is 15.2 Å². The monoisotopic (exact) mass is 357 g/mol. The molecular weight excluding hydrogens is 342 g/mol. The topological polar surface area (TPSA) is 94.1 Å². The van der Waals surface area contributed by atoms with E-state index in [-0.39, 0.29) is 23.9 Å². The Bertz CT molecular complexity index is 933. The van der Waals surface area contributed by atoms with Gasteiger partial charge in [-0.1, -0.05) is 5.16 Å². The van der Waals surface area contributed by atoms with Gasteiger partial charge in [0.05, 0.1) is 5.56 Å². The molecule has 3 aromatic rings. The predicted molar refractivity (Wildman–Crippen MR) is 90.0 cm³/mol. The number of likely N-dealkylation sites (tertiary alicyclic amines) is 1. The Hall–Kier alpha value is -2.81. The van der Waals surface area contributed by atoms with Crippen molar-refractivity contribution in [1.29, 1.82) is 0 Å². The highest BCUT2D eigenvalue weighted by Crippen LogP contribution is 2.28. The Morgan fingerprint density at radius 2 is 2.32 bits per heavy atom. The van der Waals surface area contributed by atoms with Crippen LogP contribution in [0.15, 0.2) is 44.5 Å². The van der Waals surface area contributed by atoms with Crippen molar-refractivity contribution in [2.45, 2.75) is 18.9 Å². The minimum Gasteiger partial charge on any atom is -0.340 e. The van der Waals surface area contributed by atoms with Crippen LogP contribution < -0.4 is 5.56 Å². The quantitative estimate of drug-likeness (QED) is 0.700. The zero-order chi connectivity index (χ0) is 17.2. The minimum absolute atomic E-state index is 0.0422. The van der Waals surface area contributed by atoms with Crippen molar-refractivity contribution >= 4 is 17.2 Å². The van der Waals surface area contributed by atoms with Crippen LogP contribution in [-0.2, 0) is 11.3 Å². The molecule has 0 unspecified atom stereocenters. The standard InChI is InChI=1S/C16H15N5O3S/c22-13-2-1-5-17-21(13)9-14(23)20-6-3-11(8-20)15-18-16(24-19-15)12-4-7-25-10-12/h1-2,4-5,7,10-11H,3,6,8-9H2/t11-/m1/s1. The number of nitrogens with zero attached hydrogens (tertiary/aromatic N) is 5. The number of carbonyl (C=O) groups is 1. The van der Waals surface area contributed by atoms with Gasteiger partial charge in [-0.3, -0.25) is 9.59 Å². The number of amides is 1. The maximum Gasteiger partial charge on any atom is 0.267 e. The van der Waals surface area contributed by atoms with E-state index in [4.69, 9.17) is 4.52 Å². The number of rotatable bonds is 4. The minimum atomic E-state index is -0.287. The average molecular weight is 357 g/mol. The number of hydrogen-bond acceptors (Lipinski definition) is 7. The molecule has 0 aliphatic carbocycles. The van der Waals surface area contributed by atoms with Crippen LogP contribution in [0.25, 0.3) is 11.5 Å². The Morgan fingerprint density at radius 3 is 3.12 bits per heavy atom. The maximum atomic E-state index is 12.4. The number of carbonyl (C=O) groups excluding carboxylic acids is 1. The third-order valence-corrected chi connectivity index (χ3v) is 4.87. The fourth-order valence-corrected chi connectivity index (χ4v) is 3.47. The van der Waals surface area contributed by atoms with Gasteiger partial charge in [0.2, 0.25) is 5.91 Å². The van der Waals surface area contributed by atoms with Crippen molar-refractivity contribution in [1.82, 2.24) is 24.8 Å². The largest absolute Gasteiger partial charge is 0.340 e. The van der Waals surface area contributed by atoms with Crippen LogP contribution in [0.3, 0.4) is 0 Å². The molecule has 25 heavy (non-hydrogen) atoms. The van der Waals surface area contributed by atoms with Gasteiger partial charge in [-0.2, -0.15) is 21.4 Å². The molecule has 0 saturated carbocycles. The van der Waals surface area contributed by atoms with E-state index in [1.807, 2.05) is 16.8 Å². The SMILES string of the molecule is O=C(Cn1ncccc1=O)N1CC[C@@H](c2noc(-c3ccsc3)n2)C1. The summed E-state index contributed by atoms with van der Waals surface area (Å²) in [5.41, 5.74) is 0.620. The first-order valence-electron chi connectivity index (χ1n) is 7.87. The van der Waals surface area contributed by atoms with Crippen molar-refractivity contribution < 1.29 is 9.32 Å². The summed E-state index contributed by atoms with van der Waals surface area (Å²) in [6.45, 7) is 1.06. The molecule has 1 atom stereocenters. The molecule has 8 nitrogen and oxygen atoms in total. The van der Waals surface area contributed by atoms with E-state index in [1.165, 1.54) is 16.9 Å². The van der Waals surface area contributed by atoms with Crippen LogP contribution in [0.2, 0.25) is 0 Å². The smallest absolute Gasteiger partial charge is 0.267 e. The van der Waals surface area contributed by atoms with E-state index >= 15 is 0 Å². The molecule has 4 rings (SSSR count). The van der Waals surface area contributed by atoms with Gasteiger partial charge in [0, 0.05) is 36.7 Å². The normalized spacial score (nSPS) is 17.1. The van der Waals surface area contributed by atoms with Crippen molar-refractivity contribution in [3.05, 3.63) is 51.3 Å². The fraction of sp³-hybridized carbons (Fsp3) is 0.312. The van der Waals surface area contributed by atoms with Gasteiger partial charge in [-0.05, 0) is 23.9 Å². The van der Waals surface area contributed by atoms with Crippen LogP contribution in [0.4, 0.5) is 0 Å². The third kappa shape index (κ3) is 3.22. The Morgan fingerprint density at radius 1 is 1.40 bits per heavy atom. The van der Waals surface area contributed by atoms with Crippen molar-refractivity contribution in [3.8, 4) is 11.5 Å². The van der Waals surface area contributed by atoms with Gasteiger partial charge < -0.3 is 9.42 Å². The lowest BCUT2D eigenvalue weighted by atomic mass is 10.1. The molecule has 1 aliphatic heterocycles. The van der Waals surface area contributed by atoms with E-state index in [0.717, 1.165) is 12.0 Å². The van der Waals surface area contributed by atoms with Crippen molar-refractivity contribution in [3.63, 3.8) is 0 Å². The molecule has 0 spiro atoms. The molecule has 1 saturated heterocycles. The summed E-state index contributed by atoms with van der Waals surface area (Å²) < 4.78 is 6.48. The summed E-state index contributed by atoms with van der Waals surface area (Å²) in [4.78, 5) is 30.2. The van der Waals surface area contributed by atoms with Crippen LogP contribution in [-0.4, -0.2) is 43.8 Å². The molecule has 3 aromatic heterocycles. The number of thiophene rings is 1. The van der Waals surface area contributed by atoms with Gasteiger partial charge in [-0.25, -0.2) is 4.68 Å². The summed E-state index contributed by atoms with van der Waals surface area (Å²) in [6.07, 6.45) is 2.26. The van der Waals surface area contributed by atoms with Crippen LogP contribution in [0.5, 0.6) is 0 Å². The highest BCUT2D eigenvalue weighted by Gasteiger charge is 2.30. The van der Waals surface area contributed by atoms with E-state index in [1.54, 1.807) is 22.3 Å². The average Bonchev–Trinajstić information content (AvgIpc) is 3.36. The van der Waals surface area contributed by atoms with Gasteiger partial charge in [0.15, 0.2) is 5.82 Å². The maximum absolute atomic E-state index is 12.4. The van der Waals surface area contributed by atoms with E-state index < -0.39 is 0 Å². The molecule has 0 N–H and O–H groups in total. The zero-order valence-electron chi connectivity index (χ0n) is 13.2. The Balaban J connectivity index is 1.42. The summed E-state index contributed by atoms with van der Waals surface area (Å²) in [6, 6.07) is 4.87. The predicted octanol–water partition coefficient (Wildman–Crippen LogP) is 1.37. The van der Waals surface area contributed by atoms with Gasteiger partial charge in [0.1, 0.15) is 6.54 Å². The van der Waals surface area contributed by atoms with Crippen LogP contribution in [0, 0.1) is 0 Å². The second-order valence-corrected chi connectivity index (χ2v) is 6.59. The first-order valence-corrected chi connectivity index (χ1v) is 8.81. The van der Waals surface area contributed by atoms with E-state index in [0.29, 0.717) is 24.8 Å². The lowest BCUT2D eigenvalue weighted by Crippen LogP contribution is -2.35. The van der Waals surface area contributed by atoms with E-state index in [9.17, 15) is 9.59 Å².